The van der Waals surface area contributed by atoms with Crippen molar-refractivity contribution in [3.8, 4) is 0 Å². The van der Waals surface area contributed by atoms with Crippen LogP contribution in [0.3, 0.4) is 0 Å². The maximum absolute atomic E-state index is 11.7. The van der Waals surface area contributed by atoms with Crippen LogP contribution in [0.2, 0.25) is 0 Å². The van der Waals surface area contributed by atoms with Crippen LogP contribution in [0, 0.1) is 121 Å². The van der Waals surface area contributed by atoms with E-state index in [0.29, 0.717) is 16.7 Å². The van der Waals surface area contributed by atoms with Crippen LogP contribution in [0.15, 0.2) is 52.8 Å². The van der Waals surface area contributed by atoms with Gasteiger partial charge in [-0.05, 0) is 58.2 Å². The van der Waals surface area contributed by atoms with Gasteiger partial charge in [0.2, 0.25) is 0 Å². The van der Waals surface area contributed by atoms with Gasteiger partial charge in [0.1, 0.15) is 0 Å². The number of hydrogen-bond donors (Lipinski definition) is 0. The van der Waals surface area contributed by atoms with Crippen molar-refractivity contribution >= 4 is 0 Å². The Balaban J connectivity index is -0.000000116. The first-order chi connectivity index (χ1) is 12.6. The van der Waals surface area contributed by atoms with E-state index >= 15 is 0 Å². The summed E-state index contributed by atoms with van der Waals surface area (Å²) >= 11 is 0. The molecule has 0 fully saturated rings. The van der Waals surface area contributed by atoms with Gasteiger partial charge in [-0.2, -0.15) is 0 Å². The summed E-state index contributed by atoms with van der Waals surface area (Å²) < 4.78 is 15.7. The molecule has 1 aromatic rings. The van der Waals surface area contributed by atoms with Crippen LogP contribution in [0.5, 0.6) is 0 Å². The van der Waals surface area contributed by atoms with Crippen molar-refractivity contribution in [3.05, 3.63) is 69.4 Å². The van der Waals surface area contributed by atoms with E-state index in [2.05, 4.69) is 0 Å². The van der Waals surface area contributed by atoms with Crippen molar-refractivity contribution in [2.45, 2.75) is 61.4 Å². The molecule has 0 bridgehead atoms. The second-order valence-electron chi connectivity index (χ2n) is 6.89. The molecule has 0 heterocycles. The Kier molecular flexibility index (Phi) is 66.0. The number of ether oxygens (including phenoxy) is 3. The molecule has 207 valence electrons. The molecule has 0 aliphatic carbocycles. The predicted molar refractivity (Wildman–Crippen MR) is 95.9 cm³/mol. The molecule has 0 saturated heterocycles. The summed E-state index contributed by atoms with van der Waals surface area (Å²) in [7, 11) is 0. The van der Waals surface area contributed by atoms with Crippen molar-refractivity contribution in [3.63, 3.8) is 0 Å². The number of allylic oxidation sites excluding steroid dienone is 3. The average Bonchev–Trinajstić information content (AvgIpc) is 2.61. The Labute approximate surface area is 415 Å². The van der Waals surface area contributed by atoms with E-state index in [-0.39, 0.29) is 303 Å². The molecule has 3 radical (unpaired) electrons. The fourth-order valence-electron chi connectivity index (χ4n) is 1.97. The van der Waals surface area contributed by atoms with Gasteiger partial charge in [-0.15, -0.1) is 0 Å². The van der Waals surface area contributed by atoms with Gasteiger partial charge in [0.25, 0.3) is 0 Å². The van der Waals surface area contributed by atoms with Crippen molar-refractivity contribution in [1.29, 1.82) is 0 Å². The molecule has 0 atom stereocenters. The molecule has 1 aromatic carbocycles. The van der Waals surface area contributed by atoms with E-state index in [1.54, 1.807) is 59.7 Å². The number of hydrogen-bond acceptors (Lipinski definition) is 6. The van der Waals surface area contributed by atoms with Crippen LogP contribution >= 0.6 is 0 Å². The fourth-order valence-corrected chi connectivity index (χ4v) is 1.97. The minimum absolute atomic E-state index is 0. The van der Waals surface area contributed by atoms with E-state index in [9.17, 15) is 15.3 Å². The Bertz CT molecular complexity index is 656. The molecular weight excluding hydrogens is 1560 g/mol. The average molecular weight is 1590 g/mol. The molecule has 0 saturated carbocycles. The van der Waals surface area contributed by atoms with E-state index in [1.807, 2.05) is 0 Å². The molecule has 0 aliphatic heterocycles. The van der Waals surface area contributed by atoms with E-state index in [0.717, 1.165) is 16.7 Å². The Morgan fingerprint density at radius 1 is 0.472 bits per heavy atom. The summed E-state index contributed by atoms with van der Waals surface area (Å²) in [6.07, 6.45) is 0. The molecule has 0 unspecified atom stereocenters. The van der Waals surface area contributed by atoms with E-state index in [1.165, 1.54) is 0 Å². The van der Waals surface area contributed by atoms with Crippen LogP contribution in [0.1, 0.15) is 58.2 Å². The summed E-state index contributed by atoms with van der Waals surface area (Å²) in [5.41, 5.74) is 3.82. The third-order valence-electron chi connectivity index (χ3n) is 3.45. The summed E-state index contributed by atoms with van der Waals surface area (Å²) in [6.45, 7) is 10.3. The number of halogens is 6. The topological polar surface area (TPSA) is 96.9 Å². The fraction of sp³-hybridized carbons (Fsp3) is 0.429. The first-order valence-corrected chi connectivity index (χ1v) is 8.63. The zero-order chi connectivity index (χ0) is 20.6. The van der Waals surface area contributed by atoms with E-state index in [4.69, 9.17) is 14.2 Å². The third kappa shape index (κ3) is 29.7. The molecule has 0 N–H and O–H groups in total. The van der Waals surface area contributed by atoms with Gasteiger partial charge in [-0.1, -0.05) is 34.9 Å². The first kappa shape index (κ1) is 64.5. The maximum atomic E-state index is 11.7. The molecular formula is C21H27I6O6Sm3. The Hall–Kier alpha value is 5.63. The van der Waals surface area contributed by atoms with Crippen LogP contribution in [-0.4, -0.2) is 0 Å². The summed E-state index contributed by atoms with van der Waals surface area (Å²) in [6, 6.07) is 5.37. The van der Waals surface area contributed by atoms with Crippen molar-refractivity contribution < 1.29 is 295 Å². The number of rotatable bonds is 9. The van der Waals surface area contributed by atoms with Gasteiger partial charge in [-0.3, -0.25) is 0 Å². The van der Waals surface area contributed by atoms with Crippen LogP contribution in [0.25, 0.3) is 0 Å². The van der Waals surface area contributed by atoms with Gasteiger partial charge >= 0.3 is 121 Å². The molecule has 1 rings (SSSR count). The Morgan fingerprint density at radius 2 is 0.639 bits per heavy atom. The minimum atomic E-state index is -0.382. The SMILES string of the molecule is CC(C)=C([O-])OCc1cc(COC([O-])=C(C)C)cc(COC([O-])=C(C)C)c1.[I-].[I-].[I-].[I-].[I-].[I-].[Sm+3].[Sm+3].[Sm+3]. The standard InChI is InChI=1S/C21H30O6.6HI.3Sm/c1-13(2)19(22)25-10-16-7-17(11-26-20(23)14(3)4)9-18(8-16)12-27-21(24)15(5)6;;;;;;;;;/h7-9,22-24H,10-12H2,1-6H3;6*1H;;;/q;;;;;;;3*+3/p-9. The normalized spacial score (nSPS) is 7.50. The molecule has 36 heavy (non-hydrogen) atoms. The van der Waals surface area contributed by atoms with Crippen LogP contribution in [0.4, 0.5) is 0 Å². The molecule has 0 aliphatic rings. The largest absolute Gasteiger partial charge is 3.00 e. The van der Waals surface area contributed by atoms with Crippen LogP contribution in [-0.2, 0) is 34.0 Å². The van der Waals surface area contributed by atoms with Crippen molar-refractivity contribution in [2.75, 3.05) is 0 Å². The van der Waals surface area contributed by atoms with Gasteiger partial charge in [0, 0.05) is 19.8 Å². The van der Waals surface area contributed by atoms with E-state index < -0.39 is 0 Å². The summed E-state index contributed by atoms with van der Waals surface area (Å²) in [5, 5.41) is 35.0. The second kappa shape index (κ2) is 36.8. The molecule has 0 amide bonds. The van der Waals surface area contributed by atoms with Crippen molar-refractivity contribution in [1.82, 2.24) is 0 Å². The second-order valence-corrected chi connectivity index (χ2v) is 6.89. The smallest absolute Gasteiger partial charge is 1.00 e. The van der Waals surface area contributed by atoms with Gasteiger partial charge in [-0.25, -0.2) is 0 Å². The number of benzene rings is 1. The Morgan fingerprint density at radius 3 is 0.778 bits per heavy atom. The van der Waals surface area contributed by atoms with Gasteiger partial charge in [0.15, 0.2) is 0 Å². The zero-order valence-electron chi connectivity index (χ0n) is 20.3. The monoisotopic (exact) mass is 1590 g/mol. The van der Waals surface area contributed by atoms with Gasteiger partial charge in [0.05, 0.1) is 17.8 Å². The summed E-state index contributed by atoms with van der Waals surface area (Å²) in [4.78, 5) is 0. The van der Waals surface area contributed by atoms with Crippen molar-refractivity contribution in [2.24, 2.45) is 0 Å². The van der Waals surface area contributed by atoms with Gasteiger partial charge < -0.3 is 173 Å². The third-order valence-corrected chi connectivity index (χ3v) is 3.45. The molecule has 6 nitrogen and oxygen atoms in total. The minimum Gasteiger partial charge on any atom is -1.00 e. The molecule has 0 spiro atoms. The maximum Gasteiger partial charge on any atom is 3.00 e. The zero-order valence-corrected chi connectivity index (χ0v) is 41.1. The molecule has 0 aromatic heterocycles. The predicted octanol–water partition coefficient (Wildman–Crippen LogP) is -15.9. The summed E-state index contributed by atoms with van der Waals surface area (Å²) in [5.74, 6) is -1.15. The first-order valence-electron chi connectivity index (χ1n) is 8.63. The van der Waals surface area contributed by atoms with Crippen LogP contribution < -0.4 is 159 Å². The quantitative estimate of drug-likeness (QED) is 0.181. The molecule has 15 heteroatoms.